The van der Waals surface area contributed by atoms with E-state index in [1.54, 1.807) is 13.8 Å². The van der Waals surface area contributed by atoms with Gasteiger partial charge in [0.05, 0.1) is 5.41 Å². The molecule has 1 rings (SSSR count). The molecule has 1 aromatic rings. The summed E-state index contributed by atoms with van der Waals surface area (Å²) in [6.45, 7) is 4.96. The van der Waals surface area contributed by atoms with Crippen molar-refractivity contribution in [2.75, 3.05) is 20.1 Å². The number of hydrogen-bond donors (Lipinski definition) is 1. The molecule has 0 aliphatic carbocycles. The smallest absolute Gasteiger partial charge is 0.310 e. The number of carboxylic acids is 1. The van der Waals surface area contributed by atoms with Crippen LogP contribution in [-0.4, -0.2) is 36.1 Å². The fourth-order valence-corrected chi connectivity index (χ4v) is 1.79. The van der Waals surface area contributed by atoms with Crippen molar-refractivity contribution in [1.82, 2.24) is 4.90 Å². The normalized spacial score (nSPS) is 11.8. The fraction of sp³-hybridized carbons (Fsp3) is 0.500. The van der Waals surface area contributed by atoms with Gasteiger partial charge in [-0.1, -0.05) is 30.3 Å². The third kappa shape index (κ3) is 4.57. The van der Waals surface area contributed by atoms with Crippen molar-refractivity contribution >= 4 is 5.97 Å². The Bertz CT molecular complexity index is 360. The van der Waals surface area contributed by atoms with E-state index in [2.05, 4.69) is 17.0 Å². The van der Waals surface area contributed by atoms with Crippen molar-refractivity contribution in [3.8, 4) is 0 Å². The fourth-order valence-electron chi connectivity index (χ4n) is 1.79. The number of rotatable bonds is 6. The molecule has 0 bridgehead atoms. The van der Waals surface area contributed by atoms with Gasteiger partial charge in [0.25, 0.3) is 0 Å². The van der Waals surface area contributed by atoms with Crippen LogP contribution in [0, 0.1) is 5.41 Å². The van der Waals surface area contributed by atoms with Crippen LogP contribution in [0.1, 0.15) is 19.4 Å². The van der Waals surface area contributed by atoms with Crippen LogP contribution in [0.4, 0.5) is 0 Å². The second-order valence-electron chi connectivity index (χ2n) is 5.16. The molecule has 0 amide bonds. The molecule has 0 radical (unpaired) electrons. The second-order valence-corrected chi connectivity index (χ2v) is 5.16. The summed E-state index contributed by atoms with van der Waals surface area (Å²) in [6, 6.07) is 10.2. The Hall–Kier alpha value is -1.35. The molecule has 0 aromatic heterocycles. The number of aliphatic carboxylic acids is 1. The molecule has 0 unspecified atom stereocenters. The van der Waals surface area contributed by atoms with Gasteiger partial charge in [0.15, 0.2) is 0 Å². The lowest BCUT2D eigenvalue weighted by Crippen LogP contribution is -2.38. The van der Waals surface area contributed by atoms with Gasteiger partial charge >= 0.3 is 5.97 Å². The molecule has 0 aliphatic heterocycles. The van der Waals surface area contributed by atoms with Crippen molar-refractivity contribution in [3.05, 3.63) is 35.9 Å². The first-order valence-electron chi connectivity index (χ1n) is 5.88. The van der Waals surface area contributed by atoms with Gasteiger partial charge in [0.2, 0.25) is 0 Å². The summed E-state index contributed by atoms with van der Waals surface area (Å²) in [5.74, 6) is -0.746. The van der Waals surface area contributed by atoms with Gasteiger partial charge in [-0.25, -0.2) is 0 Å². The van der Waals surface area contributed by atoms with Crippen LogP contribution in [0.2, 0.25) is 0 Å². The van der Waals surface area contributed by atoms with E-state index in [0.29, 0.717) is 6.54 Å². The van der Waals surface area contributed by atoms with Crippen LogP contribution in [-0.2, 0) is 11.2 Å². The number of nitrogens with zero attached hydrogens (tertiary/aromatic N) is 1. The highest BCUT2D eigenvalue weighted by atomic mass is 16.4. The van der Waals surface area contributed by atoms with Crippen molar-refractivity contribution < 1.29 is 9.90 Å². The highest BCUT2D eigenvalue weighted by Crippen LogP contribution is 2.16. The SMILES string of the molecule is CN(CCc1ccccc1)CC(C)(C)C(=O)O. The third-order valence-electron chi connectivity index (χ3n) is 2.87. The monoisotopic (exact) mass is 235 g/mol. The maximum Gasteiger partial charge on any atom is 0.310 e. The first-order chi connectivity index (χ1) is 7.92. The minimum Gasteiger partial charge on any atom is -0.481 e. The quantitative estimate of drug-likeness (QED) is 0.822. The van der Waals surface area contributed by atoms with E-state index in [1.165, 1.54) is 5.56 Å². The van der Waals surface area contributed by atoms with Crippen LogP contribution in [0.15, 0.2) is 30.3 Å². The van der Waals surface area contributed by atoms with E-state index in [4.69, 9.17) is 5.11 Å². The summed E-state index contributed by atoms with van der Waals surface area (Å²) in [5, 5.41) is 9.05. The van der Waals surface area contributed by atoms with E-state index in [1.807, 2.05) is 25.2 Å². The highest BCUT2D eigenvalue weighted by Gasteiger charge is 2.28. The Balaban J connectivity index is 2.41. The zero-order valence-corrected chi connectivity index (χ0v) is 10.8. The van der Waals surface area contributed by atoms with Gasteiger partial charge in [0.1, 0.15) is 0 Å². The van der Waals surface area contributed by atoms with Crippen LogP contribution >= 0.6 is 0 Å². The summed E-state index contributed by atoms with van der Waals surface area (Å²) >= 11 is 0. The van der Waals surface area contributed by atoms with E-state index >= 15 is 0 Å². The van der Waals surface area contributed by atoms with E-state index < -0.39 is 11.4 Å². The lowest BCUT2D eigenvalue weighted by Gasteiger charge is -2.26. The Morgan fingerprint density at radius 3 is 2.41 bits per heavy atom. The average Bonchev–Trinajstić information content (AvgIpc) is 2.27. The first-order valence-corrected chi connectivity index (χ1v) is 5.88. The van der Waals surface area contributed by atoms with Gasteiger partial charge in [-0.15, -0.1) is 0 Å². The highest BCUT2D eigenvalue weighted by molar-refractivity contribution is 5.73. The standard InChI is InChI=1S/C14H21NO2/c1-14(2,13(16)17)11-15(3)10-9-12-7-5-4-6-8-12/h4-8H,9-11H2,1-3H3,(H,16,17). The molecule has 0 fully saturated rings. The number of hydrogen-bond acceptors (Lipinski definition) is 2. The number of likely N-dealkylation sites (N-methyl/N-ethyl adjacent to an activating group) is 1. The Morgan fingerprint density at radius 2 is 1.88 bits per heavy atom. The zero-order valence-electron chi connectivity index (χ0n) is 10.8. The number of carboxylic acid groups (broad SMARTS) is 1. The molecule has 3 nitrogen and oxygen atoms in total. The molecule has 0 heterocycles. The van der Waals surface area contributed by atoms with Crippen molar-refractivity contribution in [2.24, 2.45) is 5.41 Å². The van der Waals surface area contributed by atoms with Gasteiger partial charge in [-0.3, -0.25) is 4.79 Å². The van der Waals surface area contributed by atoms with Crippen molar-refractivity contribution in [3.63, 3.8) is 0 Å². The molecule has 0 saturated carbocycles. The molecule has 0 spiro atoms. The second kappa shape index (κ2) is 5.82. The lowest BCUT2D eigenvalue weighted by molar-refractivity contribution is -0.147. The molecule has 0 atom stereocenters. The summed E-state index contributed by atoms with van der Waals surface area (Å²) < 4.78 is 0. The molecule has 17 heavy (non-hydrogen) atoms. The molecule has 3 heteroatoms. The van der Waals surface area contributed by atoms with Gasteiger partial charge in [0, 0.05) is 13.1 Å². The number of carbonyl (C=O) groups is 1. The van der Waals surface area contributed by atoms with E-state index in [9.17, 15) is 4.79 Å². The molecule has 0 saturated heterocycles. The van der Waals surface area contributed by atoms with Crippen molar-refractivity contribution in [1.29, 1.82) is 0 Å². The molecule has 94 valence electrons. The minimum atomic E-state index is -0.746. The van der Waals surface area contributed by atoms with Crippen LogP contribution < -0.4 is 0 Å². The predicted molar refractivity (Wildman–Crippen MR) is 69.1 cm³/mol. The summed E-state index contributed by atoms with van der Waals surface area (Å²) in [7, 11) is 1.97. The topological polar surface area (TPSA) is 40.5 Å². The Labute approximate surface area is 103 Å². The minimum absolute atomic E-state index is 0.565. The average molecular weight is 235 g/mol. The molecular formula is C14H21NO2. The van der Waals surface area contributed by atoms with Crippen molar-refractivity contribution in [2.45, 2.75) is 20.3 Å². The summed E-state index contributed by atoms with van der Waals surface area (Å²) in [4.78, 5) is 13.1. The van der Waals surface area contributed by atoms with E-state index in [-0.39, 0.29) is 0 Å². The lowest BCUT2D eigenvalue weighted by atomic mass is 9.93. The Kier molecular flexibility index (Phi) is 4.70. The maximum atomic E-state index is 11.0. The Morgan fingerprint density at radius 1 is 1.29 bits per heavy atom. The van der Waals surface area contributed by atoms with Gasteiger partial charge in [-0.2, -0.15) is 0 Å². The van der Waals surface area contributed by atoms with Gasteiger partial charge < -0.3 is 10.0 Å². The maximum absolute atomic E-state index is 11.0. The number of benzene rings is 1. The third-order valence-corrected chi connectivity index (χ3v) is 2.87. The largest absolute Gasteiger partial charge is 0.481 e. The van der Waals surface area contributed by atoms with Crippen LogP contribution in [0.25, 0.3) is 0 Å². The zero-order chi connectivity index (χ0) is 12.9. The predicted octanol–water partition coefficient (Wildman–Crippen LogP) is 2.27. The van der Waals surface area contributed by atoms with Crippen LogP contribution in [0.5, 0.6) is 0 Å². The first kappa shape index (κ1) is 13.7. The van der Waals surface area contributed by atoms with Gasteiger partial charge in [-0.05, 0) is 32.9 Å². The van der Waals surface area contributed by atoms with E-state index in [0.717, 1.165) is 13.0 Å². The molecule has 0 aliphatic rings. The summed E-state index contributed by atoms with van der Waals surface area (Å²) in [6.07, 6.45) is 0.951. The van der Waals surface area contributed by atoms with Crippen LogP contribution in [0.3, 0.4) is 0 Å². The summed E-state index contributed by atoms with van der Waals surface area (Å²) in [5.41, 5.74) is 0.596. The molecule has 1 aromatic carbocycles. The molecular weight excluding hydrogens is 214 g/mol. The molecule has 1 N–H and O–H groups in total.